The Labute approximate surface area is 138 Å². The van der Waals surface area contributed by atoms with Gasteiger partial charge >= 0.3 is 0 Å². The maximum Gasteiger partial charge on any atom is 0.254 e. The first-order valence-electron chi connectivity index (χ1n) is 6.89. The fourth-order valence-electron chi connectivity index (χ4n) is 2.48. The molecule has 1 aliphatic rings. The van der Waals surface area contributed by atoms with E-state index in [1.807, 2.05) is 13.8 Å². The lowest BCUT2D eigenvalue weighted by Crippen LogP contribution is -2.52. The van der Waals surface area contributed by atoms with Gasteiger partial charge in [0.25, 0.3) is 5.91 Å². The van der Waals surface area contributed by atoms with E-state index in [2.05, 4.69) is 0 Å². The number of ether oxygens (including phenoxy) is 2. The molecule has 0 radical (unpaired) electrons. The number of rotatable bonds is 3. The van der Waals surface area contributed by atoms with E-state index in [0.29, 0.717) is 40.9 Å². The van der Waals surface area contributed by atoms with Crippen LogP contribution < -0.4 is 9.47 Å². The molecule has 7 heteroatoms. The third kappa shape index (κ3) is 3.22. The third-order valence-electron chi connectivity index (χ3n) is 3.70. The molecule has 1 heterocycles. The summed E-state index contributed by atoms with van der Waals surface area (Å²) in [6.07, 6.45) is 0. The Hall–Kier alpha value is -1.27. The Morgan fingerprint density at radius 3 is 2.55 bits per heavy atom. The zero-order chi connectivity index (χ0) is 16.5. The van der Waals surface area contributed by atoms with Crippen molar-refractivity contribution >= 4 is 28.3 Å². The van der Waals surface area contributed by atoms with Crippen LogP contribution in [0, 0.1) is 0 Å². The topological polar surface area (TPSA) is 55.8 Å². The Kier molecular flexibility index (Phi) is 5.02. The summed E-state index contributed by atoms with van der Waals surface area (Å²) in [4.78, 5) is 14.4. The van der Waals surface area contributed by atoms with Crippen LogP contribution in [0.2, 0.25) is 5.02 Å². The summed E-state index contributed by atoms with van der Waals surface area (Å²) in [5.74, 6) is 1.16. The number of benzene rings is 1. The van der Waals surface area contributed by atoms with E-state index in [1.165, 1.54) is 14.2 Å². The Bertz CT molecular complexity index is 618. The molecule has 1 aliphatic heterocycles. The number of carbonyl (C=O) groups excluding carboxylic acids is 1. The molecule has 1 fully saturated rings. The van der Waals surface area contributed by atoms with Gasteiger partial charge in [0.1, 0.15) is 0 Å². The number of amides is 1. The molecule has 122 valence electrons. The highest BCUT2D eigenvalue weighted by Gasteiger charge is 2.35. The summed E-state index contributed by atoms with van der Waals surface area (Å²) in [6, 6.07) is 3.19. The van der Waals surface area contributed by atoms with E-state index in [1.54, 1.807) is 17.0 Å². The first-order chi connectivity index (χ1) is 10.3. The molecule has 1 aromatic rings. The van der Waals surface area contributed by atoms with Crippen molar-refractivity contribution in [3.63, 3.8) is 0 Å². The molecule has 2 rings (SSSR count). The first kappa shape index (κ1) is 17.1. The summed E-state index contributed by atoms with van der Waals surface area (Å²) in [5.41, 5.74) is 0.436. The van der Waals surface area contributed by atoms with Crippen molar-refractivity contribution in [3.8, 4) is 11.5 Å². The van der Waals surface area contributed by atoms with Crippen LogP contribution in [0.1, 0.15) is 24.2 Å². The second-order valence-electron chi connectivity index (χ2n) is 5.73. The predicted molar refractivity (Wildman–Crippen MR) is 87.5 cm³/mol. The van der Waals surface area contributed by atoms with Gasteiger partial charge in [0, 0.05) is 35.2 Å². The monoisotopic (exact) mass is 345 g/mol. The van der Waals surface area contributed by atoms with Crippen molar-refractivity contribution in [2.24, 2.45) is 0 Å². The molecular formula is C15H20ClNO4S. The second kappa shape index (κ2) is 6.46. The fraction of sp³-hybridized carbons (Fsp3) is 0.533. The van der Waals surface area contributed by atoms with E-state index >= 15 is 0 Å². The normalized spacial score (nSPS) is 20.6. The summed E-state index contributed by atoms with van der Waals surface area (Å²) < 4.78 is 22.0. The van der Waals surface area contributed by atoms with Gasteiger partial charge in [-0.1, -0.05) is 11.6 Å². The third-order valence-corrected chi connectivity index (χ3v) is 5.90. The Balaban J connectivity index is 2.30. The minimum absolute atomic E-state index is 0.146. The van der Waals surface area contributed by atoms with Crippen molar-refractivity contribution < 1.29 is 18.5 Å². The molecule has 0 aromatic heterocycles. The zero-order valence-electron chi connectivity index (χ0n) is 13.1. The summed E-state index contributed by atoms with van der Waals surface area (Å²) in [6.45, 7) is 4.74. The van der Waals surface area contributed by atoms with Gasteiger partial charge in [-0.25, -0.2) is 0 Å². The molecule has 0 N–H and O–H groups in total. The number of nitrogens with zero attached hydrogens (tertiary/aromatic N) is 1. The molecule has 0 spiro atoms. The van der Waals surface area contributed by atoms with E-state index < -0.39 is 15.5 Å². The van der Waals surface area contributed by atoms with Crippen molar-refractivity contribution in [1.29, 1.82) is 0 Å². The van der Waals surface area contributed by atoms with Crippen LogP contribution in [0.15, 0.2) is 12.1 Å². The summed E-state index contributed by atoms with van der Waals surface area (Å²) in [5, 5.41) is 0.324. The van der Waals surface area contributed by atoms with Gasteiger partial charge < -0.3 is 14.4 Å². The molecule has 1 aromatic carbocycles. The van der Waals surface area contributed by atoms with E-state index in [-0.39, 0.29) is 5.91 Å². The van der Waals surface area contributed by atoms with Gasteiger partial charge in [0.2, 0.25) is 0 Å². The molecule has 1 atom stereocenters. The lowest BCUT2D eigenvalue weighted by molar-refractivity contribution is 0.0745. The quantitative estimate of drug-likeness (QED) is 0.843. The van der Waals surface area contributed by atoms with Gasteiger partial charge in [0.15, 0.2) is 11.5 Å². The van der Waals surface area contributed by atoms with Crippen LogP contribution in [0.5, 0.6) is 11.5 Å². The molecule has 22 heavy (non-hydrogen) atoms. The van der Waals surface area contributed by atoms with Crippen molar-refractivity contribution in [3.05, 3.63) is 22.7 Å². The SMILES string of the molecule is COc1cc(C(=O)N2CCS(=O)C(C)(C)C2)cc(Cl)c1OC. The Morgan fingerprint density at radius 2 is 2.00 bits per heavy atom. The van der Waals surface area contributed by atoms with Gasteiger partial charge in [-0.05, 0) is 26.0 Å². The predicted octanol–water partition coefficient (Wildman–Crippen LogP) is 2.34. The molecule has 5 nitrogen and oxygen atoms in total. The first-order valence-corrected chi connectivity index (χ1v) is 8.59. The van der Waals surface area contributed by atoms with Gasteiger partial charge in [-0.15, -0.1) is 0 Å². The van der Waals surface area contributed by atoms with Crippen molar-refractivity contribution in [1.82, 2.24) is 4.90 Å². The van der Waals surface area contributed by atoms with Gasteiger partial charge in [0.05, 0.1) is 24.0 Å². The van der Waals surface area contributed by atoms with E-state index in [4.69, 9.17) is 21.1 Å². The molecule has 1 unspecified atom stereocenters. The van der Waals surface area contributed by atoms with Crippen LogP contribution in [0.25, 0.3) is 0 Å². The van der Waals surface area contributed by atoms with Crippen LogP contribution in [-0.4, -0.2) is 52.8 Å². The highest BCUT2D eigenvalue weighted by Crippen LogP contribution is 2.36. The summed E-state index contributed by atoms with van der Waals surface area (Å²) in [7, 11) is 2.07. The van der Waals surface area contributed by atoms with Crippen LogP contribution in [-0.2, 0) is 10.8 Å². The molecule has 1 amide bonds. The fourth-order valence-corrected chi connectivity index (χ4v) is 4.00. The molecule has 0 saturated carbocycles. The largest absolute Gasteiger partial charge is 0.493 e. The lowest BCUT2D eigenvalue weighted by Gasteiger charge is -2.37. The number of carbonyl (C=O) groups is 1. The van der Waals surface area contributed by atoms with E-state index in [9.17, 15) is 9.00 Å². The number of halogens is 1. The molecular weight excluding hydrogens is 326 g/mol. The standard InChI is InChI=1S/C15H20ClNO4S/c1-15(2)9-17(5-6-22(15)19)14(18)10-7-11(16)13(21-4)12(8-10)20-3/h7-8H,5-6,9H2,1-4H3. The summed E-state index contributed by atoms with van der Waals surface area (Å²) >= 11 is 6.15. The van der Waals surface area contributed by atoms with Crippen molar-refractivity contribution in [2.45, 2.75) is 18.6 Å². The second-order valence-corrected chi connectivity index (χ2v) is 8.34. The minimum Gasteiger partial charge on any atom is -0.493 e. The number of hydrogen-bond acceptors (Lipinski definition) is 4. The zero-order valence-corrected chi connectivity index (χ0v) is 14.7. The van der Waals surface area contributed by atoms with E-state index in [0.717, 1.165) is 0 Å². The maximum atomic E-state index is 12.7. The average molecular weight is 346 g/mol. The molecule has 1 saturated heterocycles. The lowest BCUT2D eigenvalue weighted by atomic mass is 10.1. The van der Waals surface area contributed by atoms with Gasteiger partial charge in [-0.3, -0.25) is 9.00 Å². The van der Waals surface area contributed by atoms with Crippen LogP contribution >= 0.6 is 11.6 Å². The highest BCUT2D eigenvalue weighted by atomic mass is 35.5. The minimum atomic E-state index is -0.924. The Morgan fingerprint density at radius 1 is 1.32 bits per heavy atom. The highest BCUT2D eigenvalue weighted by molar-refractivity contribution is 7.86. The van der Waals surface area contributed by atoms with Crippen LogP contribution in [0.3, 0.4) is 0 Å². The maximum absolute atomic E-state index is 12.7. The van der Waals surface area contributed by atoms with Gasteiger partial charge in [-0.2, -0.15) is 0 Å². The number of methoxy groups -OCH3 is 2. The molecule has 0 bridgehead atoms. The molecule has 0 aliphatic carbocycles. The average Bonchev–Trinajstić information content (AvgIpc) is 2.48. The van der Waals surface area contributed by atoms with Crippen LogP contribution in [0.4, 0.5) is 0 Å². The van der Waals surface area contributed by atoms with Crippen molar-refractivity contribution in [2.75, 3.05) is 33.1 Å². The smallest absolute Gasteiger partial charge is 0.254 e. The number of hydrogen-bond donors (Lipinski definition) is 0.